The highest BCUT2D eigenvalue weighted by Crippen LogP contribution is 2.36. The molecule has 2 aromatic carbocycles. The minimum atomic E-state index is -0.829. The van der Waals surface area contributed by atoms with Crippen LogP contribution in [0.15, 0.2) is 41.2 Å². The molecule has 2 heterocycles. The van der Waals surface area contributed by atoms with Crippen molar-refractivity contribution in [3.8, 4) is 0 Å². The summed E-state index contributed by atoms with van der Waals surface area (Å²) in [6.45, 7) is 3.15. The number of aromatic nitrogens is 2. The van der Waals surface area contributed by atoms with Gasteiger partial charge < -0.3 is 20.6 Å². The third kappa shape index (κ3) is 3.44. The molecule has 1 aromatic heterocycles. The van der Waals surface area contributed by atoms with Gasteiger partial charge in [-0.25, -0.2) is 9.59 Å². The monoisotopic (exact) mass is 353 g/mol. The summed E-state index contributed by atoms with van der Waals surface area (Å²) in [7, 11) is 0. The first-order valence-corrected chi connectivity index (χ1v) is 8.07. The predicted molar refractivity (Wildman–Crippen MR) is 99.6 cm³/mol. The number of primary amides is 1. The topological polar surface area (TPSA) is 124 Å². The van der Waals surface area contributed by atoms with Crippen LogP contribution in [-0.2, 0) is 11.2 Å². The van der Waals surface area contributed by atoms with Crippen LogP contribution in [-0.4, -0.2) is 29.0 Å². The molecular formula is C18H19N5O3. The van der Waals surface area contributed by atoms with Crippen molar-refractivity contribution in [1.82, 2.24) is 15.3 Å². The average molecular weight is 353 g/mol. The van der Waals surface area contributed by atoms with Gasteiger partial charge in [0.25, 0.3) is 0 Å². The number of imidazole rings is 1. The predicted octanol–water partition coefficient (Wildman–Crippen LogP) is 1.67. The van der Waals surface area contributed by atoms with Gasteiger partial charge in [-0.15, -0.1) is 0 Å². The highest BCUT2D eigenvalue weighted by atomic mass is 16.2. The minimum Gasteiger partial charge on any atom is -0.351 e. The van der Waals surface area contributed by atoms with E-state index < -0.39 is 6.03 Å². The molecule has 0 spiro atoms. The average Bonchev–Trinajstić information content (AvgIpc) is 3.17. The Kier molecular flexibility index (Phi) is 4.74. The molecule has 0 unspecified atom stereocenters. The van der Waals surface area contributed by atoms with Gasteiger partial charge in [0.05, 0.1) is 11.0 Å². The second kappa shape index (κ2) is 7.14. The molecular weight excluding hydrogens is 334 g/mol. The van der Waals surface area contributed by atoms with Crippen molar-refractivity contribution in [2.24, 2.45) is 5.73 Å². The summed E-state index contributed by atoms with van der Waals surface area (Å²) < 4.78 is 0. The Balaban J connectivity index is 0.000000286. The summed E-state index contributed by atoms with van der Waals surface area (Å²) in [4.78, 5) is 37.9. The second-order valence-electron chi connectivity index (χ2n) is 5.91. The largest absolute Gasteiger partial charge is 0.351 e. The van der Waals surface area contributed by atoms with Crippen LogP contribution in [0.4, 0.5) is 16.2 Å². The molecule has 134 valence electrons. The van der Waals surface area contributed by atoms with Gasteiger partial charge in [-0.05, 0) is 48.7 Å². The molecule has 0 saturated carbocycles. The number of carbonyl (C=O) groups excluding carboxylic acids is 2. The van der Waals surface area contributed by atoms with E-state index in [9.17, 15) is 14.4 Å². The fraction of sp³-hybridized carbons (Fsp3) is 0.167. The van der Waals surface area contributed by atoms with E-state index in [1.807, 2.05) is 12.1 Å². The number of anilines is 2. The lowest BCUT2D eigenvalue weighted by Crippen LogP contribution is -2.27. The number of nitrogens with zero attached hydrogens (tertiary/aromatic N) is 1. The van der Waals surface area contributed by atoms with E-state index in [1.54, 1.807) is 5.32 Å². The molecule has 8 nitrogen and oxygen atoms in total. The van der Waals surface area contributed by atoms with E-state index in [-0.39, 0.29) is 12.1 Å². The van der Waals surface area contributed by atoms with Crippen molar-refractivity contribution in [1.29, 1.82) is 0 Å². The number of amides is 3. The lowest BCUT2D eigenvalue weighted by Gasteiger charge is -2.19. The van der Waals surface area contributed by atoms with Crippen molar-refractivity contribution in [3.63, 3.8) is 0 Å². The smallest absolute Gasteiger partial charge is 0.323 e. The molecule has 3 aromatic rings. The van der Waals surface area contributed by atoms with Crippen LogP contribution >= 0.6 is 0 Å². The standard InChI is InChI=1S/C16H15N3O.C2H4N2O2/c1-10-3-2-4-15-12(10)7-8-19(15)11-5-6-13-14(9-11)18-16(20)17-13;3-2(6)4-1-5/h2-6,9H,7-8H2,1H3,(H2,17,18,20);1H,(H3,3,4,5,6). The number of urea groups is 1. The maximum atomic E-state index is 11.3. The second-order valence-corrected chi connectivity index (χ2v) is 5.91. The van der Waals surface area contributed by atoms with Gasteiger partial charge in [0.1, 0.15) is 0 Å². The lowest BCUT2D eigenvalue weighted by molar-refractivity contribution is -0.108. The Hall–Kier alpha value is -3.55. The van der Waals surface area contributed by atoms with E-state index in [2.05, 4.69) is 51.8 Å². The van der Waals surface area contributed by atoms with Crippen LogP contribution in [0.2, 0.25) is 0 Å². The number of aryl methyl sites for hydroxylation is 1. The number of nitrogens with one attached hydrogen (secondary N) is 3. The molecule has 0 aliphatic carbocycles. The number of rotatable bonds is 2. The molecule has 3 amide bonds. The zero-order valence-corrected chi connectivity index (χ0v) is 14.2. The third-order valence-corrected chi connectivity index (χ3v) is 4.27. The maximum absolute atomic E-state index is 11.3. The first kappa shape index (κ1) is 17.3. The molecule has 0 saturated heterocycles. The number of hydrogen-bond acceptors (Lipinski definition) is 4. The van der Waals surface area contributed by atoms with Crippen molar-refractivity contribution in [2.45, 2.75) is 13.3 Å². The number of nitrogens with two attached hydrogens (primary N) is 1. The van der Waals surface area contributed by atoms with Crippen molar-refractivity contribution in [2.75, 3.05) is 11.4 Å². The van der Waals surface area contributed by atoms with Crippen LogP contribution < -0.4 is 21.6 Å². The first-order chi connectivity index (χ1) is 12.5. The Morgan fingerprint density at radius 2 is 2.00 bits per heavy atom. The number of carbonyl (C=O) groups is 2. The van der Waals surface area contributed by atoms with Gasteiger partial charge in [-0.1, -0.05) is 12.1 Å². The van der Waals surface area contributed by atoms with Gasteiger partial charge in [-0.2, -0.15) is 0 Å². The Bertz CT molecular complexity index is 1020. The van der Waals surface area contributed by atoms with Crippen LogP contribution in [0.25, 0.3) is 11.0 Å². The molecule has 0 bridgehead atoms. The van der Waals surface area contributed by atoms with Crippen molar-refractivity contribution in [3.05, 3.63) is 58.0 Å². The van der Waals surface area contributed by atoms with Crippen LogP contribution in [0.3, 0.4) is 0 Å². The molecule has 26 heavy (non-hydrogen) atoms. The zero-order valence-electron chi connectivity index (χ0n) is 14.2. The summed E-state index contributed by atoms with van der Waals surface area (Å²) in [5.41, 5.74) is 11.1. The van der Waals surface area contributed by atoms with Gasteiger partial charge in [0, 0.05) is 17.9 Å². The Labute approximate surface area is 149 Å². The Morgan fingerprint density at radius 3 is 2.69 bits per heavy atom. The Morgan fingerprint density at radius 1 is 1.23 bits per heavy atom. The normalized spacial score (nSPS) is 12.3. The number of benzene rings is 2. The number of imide groups is 1. The maximum Gasteiger partial charge on any atom is 0.323 e. The molecule has 0 fully saturated rings. The number of fused-ring (bicyclic) bond motifs is 2. The minimum absolute atomic E-state index is 0.158. The summed E-state index contributed by atoms with van der Waals surface area (Å²) in [6.07, 6.45) is 1.30. The van der Waals surface area contributed by atoms with Crippen molar-refractivity contribution < 1.29 is 9.59 Å². The van der Waals surface area contributed by atoms with E-state index >= 15 is 0 Å². The fourth-order valence-electron chi connectivity index (χ4n) is 3.12. The number of aromatic amines is 2. The van der Waals surface area contributed by atoms with Crippen LogP contribution in [0.5, 0.6) is 0 Å². The molecule has 8 heteroatoms. The SMILES string of the molecule is Cc1cccc2c1CCN2c1ccc2[nH]c(=O)[nH]c2c1.NC(=O)NC=O. The first-order valence-electron chi connectivity index (χ1n) is 8.07. The number of H-pyrrole nitrogens is 2. The summed E-state index contributed by atoms with van der Waals surface area (Å²) in [6, 6.07) is 11.6. The highest BCUT2D eigenvalue weighted by Gasteiger charge is 2.21. The third-order valence-electron chi connectivity index (χ3n) is 4.27. The zero-order chi connectivity index (χ0) is 18.7. The van der Waals surface area contributed by atoms with Crippen LogP contribution in [0.1, 0.15) is 11.1 Å². The highest BCUT2D eigenvalue weighted by molar-refractivity contribution is 5.83. The molecule has 0 atom stereocenters. The van der Waals surface area contributed by atoms with E-state index in [1.165, 1.54) is 16.8 Å². The molecule has 1 aliphatic heterocycles. The van der Waals surface area contributed by atoms with Gasteiger partial charge >= 0.3 is 11.7 Å². The summed E-state index contributed by atoms with van der Waals surface area (Å²) in [5, 5.41) is 1.67. The lowest BCUT2D eigenvalue weighted by atomic mass is 10.1. The van der Waals surface area contributed by atoms with E-state index in [0.29, 0.717) is 0 Å². The fourth-order valence-corrected chi connectivity index (χ4v) is 3.12. The summed E-state index contributed by atoms with van der Waals surface area (Å²) in [5.74, 6) is 0. The molecule has 4 rings (SSSR count). The van der Waals surface area contributed by atoms with Gasteiger partial charge in [-0.3, -0.25) is 10.1 Å². The summed E-state index contributed by atoms with van der Waals surface area (Å²) >= 11 is 0. The van der Waals surface area contributed by atoms with Gasteiger partial charge in [0.2, 0.25) is 6.41 Å². The quantitative estimate of drug-likeness (QED) is 0.523. The van der Waals surface area contributed by atoms with E-state index in [0.717, 1.165) is 29.7 Å². The molecule has 5 N–H and O–H groups in total. The number of hydrogen-bond donors (Lipinski definition) is 4. The molecule has 0 radical (unpaired) electrons. The van der Waals surface area contributed by atoms with Gasteiger partial charge in [0.15, 0.2) is 0 Å². The van der Waals surface area contributed by atoms with E-state index in [4.69, 9.17) is 0 Å². The van der Waals surface area contributed by atoms with Crippen molar-refractivity contribution >= 4 is 34.8 Å². The molecule has 1 aliphatic rings. The van der Waals surface area contributed by atoms with Crippen LogP contribution in [0, 0.1) is 6.92 Å².